The average Bonchev–Trinajstić information content (AvgIpc) is 2.63. The zero-order chi connectivity index (χ0) is 12.8. The van der Waals surface area contributed by atoms with Crippen molar-refractivity contribution >= 4 is 11.9 Å². The van der Waals surface area contributed by atoms with E-state index in [0.29, 0.717) is 18.9 Å². The van der Waals surface area contributed by atoms with Crippen molar-refractivity contribution < 1.29 is 14.7 Å². The molecule has 1 aliphatic heterocycles. The number of carbonyl (C=O) groups is 2. The molecule has 1 atom stereocenters. The Morgan fingerprint density at radius 3 is 2.65 bits per heavy atom. The van der Waals surface area contributed by atoms with Crippen molar-refractivity contribution in [2.24, 2.45) is 0 Å². The van der Waals surface area contributed by atoms with Crippen LogP contribution in [0.4, 0.5) is 0 Å². The molecule has 0 aromatic rings. The van der Waals surface area contributed by atoms with Crippen molar-refractivity contribution in [3.8, 4) is 0 Å². The normalized spacial score (nSPS) is 20.5. The quantitative estimate of drug-likeness (QED) is 0.748. The predicted octanol–water partition coefficient (Wildman–Crippen LogP) is 0.794. The molecule has 1 saturated heterocycles. The number of carbonyl (C=O) groups excluding carboxylic acids is 1. The molecule has 17 heavy (non-hydrogen) atoms. The summed E-state index contributed by atoms with van der Waals surface area (Å²) in [4.78, 5) is 26.1. The minimum Gasteiger partial charge on any atom is -0.481 e. The fraction of sp³-hybridized carbons (Fsp3) is 0.833. The van der Waals surface area contributed by atoms with Crippen LogP contribution >= 0.6 is 0 Å². The van der Waals surface area contributed by atoms with E-state index in [1.807, 2.05) is 0 Å². The Bertz CT molecular complexity index is 281. The fourth-order valence-corrected chi connectivity index (χ4v) is 2.21. The van der Waals surface area contributed by atoms with Gasteiger partial charge in [-0.15, -0.1) is 0 Å². The van der Waals surface area contributed by atoms with E-state index < -0.39 is 5.97 Å². The van der Waals surface area contributed by atoms with Crippen molar-refractivity contribution in [1.82, 2.24) is 9.80 Å². The van der Waals surface area contributed by atoms with Gasteiger partial charge in [0.05, 0.1) is 0 Å². The summed E-state index contributed by atoms with van der Waals surface area (Å²) in [5, 5.41) is 8.50. The molecular formula is C12H22N2O3. The van der Waals surface area contributed by atoms with Gasteiger partial charge in [-0.3, -0.25) is 9.59 Å². The lowest BCUT2D eigenvalue weighted by atomic mass is 10.2. The highest BCUT2D eigenvalue weighted by Gasteiger charge is 2.23. The van der Waals surface area contributed by atoms with E-state index in [1.165, 1.54) is 6.42 Å². The number of amides is 1. The Labute approximate surface area is 102 Å². The first-order valence-corrected chi connectivity index (χ1v) is 6.16. The highest BCUT2D eigenvalue weighted by Crippen LogP contribution is 2.15. The molecule has 0 spiro atoms. The molecule has 0 bridgehead atoms. The number of hydrogen-bond donors (Lipinski definition) is 1. The van der Waals surface area contributed by atoms with Crippen molar-refractivity contribution in [3.63, 3.8) is 0 Å². The van der Waals surface area contributed by atoms with Crippen molar-refractivity contribution in [2.45, 2.75) is 38.1 Å². The lowest BCUT2D eigenvalue weighted by molar-refractivity contribution is -0.137. The molecule has 5 nitrogen and oxygen atoms in total. The molecular weight excluding hydrogens is 220 g/mol. The minimum absolute atomic E-state index is 0.0477. The van der Waals surface area contributed by atoms with Gasteiger partial charge in [-0.05, 0) is 32.9 Å². The summed E-state index contributed by atoms with van der Waals surface area (Å²) in [6.07, 6.45) is 3.17. The molecule has 1 fully saturated rings. The van der Waals surface area contributed by atoms with Crippen LogP contribution in [0.15, 0.2) is 0 Å². The van der Waals surface area contributed by atoms with Gasteiger partial charge in [0.25, 0.3) is 0 Å². The molecule has 0 aromatic carbocycles. The molecule has 0 saturated carbocycles. The van der Waals surface area contributed by atoms with Crippen LogP contribution < -0.4 is 0 Å². The summed E-state index contributed by atoms with van der Waals surface area (Å²) in [5.41, 5.74) is 0. The van der Waals surface area contributed by atoms with Crippen molar-refractivity contribution in [3.05, 3.63) is 0 Å². The molecule has 1 N–H and O–H groups in total. The van der Waals surface area contributed by atoms with Crippen LogP contribution in [0.3, 0.4) is 0 Å². The molecule has 1 aliphatic rings. The van der Waals surface area contributed by atoms with Gasteiger partial charge < -0.3 is 14.9 Å². The number of likely N-dealkylation sites (N-methyl/N-ethyl adjacent to an activating group) is 2. The van der Waals surface area contributed by atoms with E-state index >= 15 is 0 Å². The zero-order valence-corrected chi connectivity index (χ0v) is 10.7. The van der Waals surface area contributed by atoms with E-state index in [-0.39, 0.29) is 12.3 Å². The number of carboxylic acids is 1. The van der Waals surface area contributed by atoms with Crippen LogP contribution in [-0.2, 0) is 9.59 Å². The number of rotatable bonds is 6. The molecule has 1 heterocycles. The first-order valence-electron chi connectivity index (χ1n) is 6.16. The number of likely N-dealkylation sites (tertiary alicyclic amines) is 1. The van der Waals surface area contributed by atoms with Crippen LogP contribution in [-0.4, -0.2) is 60.0 Å². The SMILES string of the molecule is CN(CC1CCCN1C)C(=O)CCCC(=O)O. The summed E-state index contributed by atoms with van der Waals surface area (Å²) >= 11 is 0. The first kappa shape index (κ1) is 14.0. The molecule has 5 heteroatoms. The molecule has 0 radical (unpaired) electrons. The molecule has 1 amide bonds. The van der Waals surface area contributed by atoms with E-state index in [0.717, 1.165) is 19.5 Å². The van der Waals surface area contributed by atoms with Crippen LogP contribution in [0.1, 0.15) is 32.1 Å². The van der Waals surface area contributed by atoms with E-state index in [9.17, 15) is 9.59 Å². The lowest BCUT2D eigenvalue weighted by Crippen LogP contribution is -2.39. The van der Waals surface area contributed by atoms with E-state index in [1.54, 1.807) is 11.9 Å². The Hall–Kier alpha value is -1.10. The topological polar surface area (TPSA) is 60.9 Å². The summed E-state index contributed by atoms with van der Waals surface area (Å²) in [5.74, 6) is -0.789. The largest absolute Gasteiger partial charge is 0.481 e. The van der Waals surface area contributed by atoms with Gasteiger partial charge in [0.15, 0.2) is 0 Å². The third kappa shape index (κ3) is 4.73. The Balaban J connectivity index is 2.24. The highest BCUT2D eigenvalue weighted by molar-refractivity contribution is 5.76. The van der Waals surface area contributed by atoms with Crippen molar-refractivity contribution in [2.75, 3.05) is 27.2 Å². The summed E-state index contributed by atoms with van der Waals surface area (Å²) in [6, 6.07) is 0.462. The maximum atomic E-state index is 11.7. The first-order chi connectivity index (χ1) is 8.00. The second-order valence-electron chi connectivity index (χ2n) is 4.80. The lowest BCUT2D eigenvalue weighted by Gasteiger charge is -2.25. The smallest absolute Gasteiger partial charge is 0.303 e. The minimum atomic E-state index is -0.837. The van der Waals surface area contributed by atoms with Crippen LogP contribution in [0, 0.1) is 0 Å². The van der Waals surface area contributed by atoms with E-state index in [2.05, 4.69) is 11.9 Å². The molecule has 1 rings (SSSR count). The van der Waals surface area contributed by atoms with Crippen LogP contribution in [0.25, 0.3) is 0 Å². The van der Waals surface area contributed by atoms with Crippen LogP contribution in [0.5, 0.6) is 0 Å². The monoisotopic (exact) mass is 242 g/mol. The van der Waals surface area contributed by atoms with Crippen molar-refractivity contribution in [1.29, 1.82) is 0 Å². The number of hydrogen-bond acceptors (Lipinski definition) is 3. The van der Waals surface area contributed by atoms with Gasteiger partial charge in [0.2, 0.25) is 5.91 Å². The van der Waals surface area contributed by atoms with Gasteiger partial charge in [0.1, 0.15) is 0 Å². The molecule has 98 valence electrons. The Morgan fingerprint density at radius 2 is 2.12 bits per heavy atom. The summed E-state index contributed by atoms with van der Waals surface area (Å²) < 4.78 is 0. The van der Waals surface area contributed by atoms with E-state index in [4.69, 9.17) is 5.11 Å². The number of nitrogens with zero attached hydrogens (tertiary/aromatic N) is 2. The maximum Gasteiger partial charge on any atom is 0.303 e. The highest BCUT2D eigenvalue weighted by atomic mass is 16.4. The Morgan fingerprint density at radius 1 is 1.41 bits per heavy atom. The third-order valence-corrected chi connectivity index (χ3v) is 3.36. The van der Waals surface area contributed by atoms with Crippen LogP contribution in [0.2, 0.25) is 0 Å². The zero-order valence-electron chi connectivity index (χ0n) is 10.7. The molecule has 0 aliphatic carbocycles. The summed E-state index contributed by atoms with van der Waals surface area (Å²) in [7, 11) is 3.88. The average molecular weight is 242 g/mol. The van der Waals surface area contributed by atoms with Gasteiger partial charge in [0, 0.05) is 32.5 Å². The van der Waals surface area contributed by atoms with Gasteiger partial charge in [-0.25, -0.2) is 0 Å². The number of aliphatic carboxylic acids is 1. The fourth-order valence-electron chi connectivity index (χ4n) is 2.21. The second kappa shape index (κ2) is 6.59. The Kier molecular flexibility index (Phi) is 5.41. The van der Waals surface area contributed by atoms with Gasteiger partial charge in [-0.2, -0.15) is 0 Å². The maximum absolute atomic E-state index is 11.7. The summed E-state index contributed by atoms with van der Waals surface area (Å²) in [6.45, 7) is 1.86. The molecule has 1 unspecified atom stereocenters. The molecule has 0 aromatic heterocycles. The third-order valence-electron chi connectivity index (χ3n) is 3.36. The van der Waals surface area contributed by atoms with Gasteiger partial charge >= 0.3 is 5.97 Å². The predicted molar refractivity (Wildman–Crippen MR) is 64.8 cm³/mol. The van der Waals surface area contributed by atoms with Gasteiger partial charge in [-0.1, -0.05) is 0 Å². The second-order valence-corrected chi connectivity index (χ2v) is 4.80. The standard InChI is InChI=1S/C12H22N2O3/c1-13-8-4-5-10(13)9-14(2)11(15)6-3-7-12(16)17/h10H,3-9H2,1-2H3,(H,16,17). The number of carboxylic acid groups (broad SMARTS) is 1.